The molecule has 9 nitrogen and oxygen atoms in total. The first kappa shape index (κ1) is 26.6. The van der Waals surface area contributed by atoms with E-state index in [-0.39, 0.29) is 17.2 Å². The molecular weight excluding hydrogens is 501 g/mol. The van der Waals surface area contributed by atoms with Crippen molar-refractivity contribution >= 4 is 28.0 Å². The number of hydrogen-bond acceptors (Lipinski definition) is 8. The Kier molecular flexibility index (Phi) is 6.73. The predicted molar refractivity (Wildman–Crippen MR) is 119 cm³/mol. The molecule has 1 aromatic heterocycles. The smallest absolute Gasteiger partial charge is 0.422 e. The van der Waals surface area contributed by atoms with E-state index in [0.717, 1.165) is 37.5 Å². The third-order valence-electron chi connectivity index (χ3n) is 5.47. The molecule has 192 valence electrons. The van der Waals surface area contributed by atoms with E-state index in [1.807, 2.05) is 0 Å². The zero-order valence-electron chi connectivity index (χ0n) is 18.6. The van der Waals surface area contributed by atoms with Gasteiger partial charge in [0.25, 0.3) is 5.91 Å². The summed E-state index contributed by atoms with van der Waals surface area (Å²) < 4.78 is 90.6. The number of rotatable bonds is 5. The van der Waals surface area contributed by atoms with E-state index in [1.54, 1.807) is 0 Å². The lowest BCUT2D eigenvalue weighted by molar-refractivity contribution is -0.154. The number of alkyl halides is 4. The molecule has 2 heterocycles. The number of hydrogen-bond donors (Lipinski definition) is 4. The molecule has 0 radical (unpaired) electrons. The Bertz CT molecular complexity index is 1160. The van der Waals surface area contributed by atoms with Crippen LogP contribution in [0, 0.1) is 5.82 Å². The molecule has 2 atom stereocenters. The summed E-state index contributed by atoms with van der Waals surface area (Å²) in [7, 11) is -4.04. The first-order valence-corrected chi connectivity index (χ1v) is 11.5. The van der Waals surface area contributed by atoms with E-state index in [0.29, 0.717) is 0 Å². The van der Waals surface area contributed by atoms with Gasteiger partial charge in [0.2, 0.25) is 11.4 Å². The maximum absolute atomic E-state index is 15.4. The highest BCUT2D eigenvalue weighted by Crippen LogP contribution is 2.64. The number of ether oxygens (including phenoxy) is 1. The number of nitrogens with two attached hydrogens (primary N) is 1. The summed E-state index contributed by atoms with van der Waals surface area (Å²) >= 11 is 0. The van der Waals surface area contributed by atoms with Crippen LogP contribution < -0.4 is 15.8 Å². The Morgan fingerprint density at radius 1 is 1.23 bits per heavy atom. The Labute approximate surface area is 198 Å². The summed E-state index contributed by atoms with van der Waals surface area (Å²) in [6, 6.07) is 3.12. The number of halogens is 5. The first-order chi connectivity index (χ1) is 16.0. The molecule has 1 aromatic carbocycles. The number of anilines is 1. The van der Waals surface area contributed by atoms with Crippen molar-refractivity contribution in [3.05, 3.63) is 47.7 Å². The molecule has 0 aliphatic carbocycles. The largest absolute Gasteiger partial charge is 0.467 e. The number of benzene rings is 1. The number of aliphatic imine (C=N–C) groups is 1. The molecule has 0 bridgehead atoms. The minimum Gasteiger partial charge on any atom is -0.467 e. The van der Waals surface area contributed by atoms with Crippen molar-refractivity contribution < 1.29 is 40.6 Å². The molecule has 0 spiro atoms. The van der Waals surface area contributed by atoms with Gasteiger partial charge in [0.05, 0.1) is 12.4 Å². The molecule has 1 aliphatic rings. The molecule has 5 N–H and O–H groups in total. The van der Waals surface area contributed by atoms with Gasteiger partial charge in [0.15, 0.2) is 6.61 Å². The third kappa shape index (κ3) is 5.01. The van der Waals surface area contributed by atoms with Crippen molar-refractivity contribution in [2.24, 2.45) is 10.7 Å². The van der Waals surface area contributed by atoms with Crippen molar-refractivity contribution in [1.82, 2.24) is 9.97 Å². The first-order valence-electron chi connectivity index (χ1n) is 9.88. The molecule has 1 aliphatic heterocycles. The predicted octanol–water partition coefficient (Wildman–Crippen LogP) is 4.22. The molecular formula is C20H22F5N5O4S. The average Bonchev–Trinajstić information content (AvgIpc) is 2.77. The van der Waals surface area contributed by atoms with E-state index < -0.39 is 62.3 Å². The van der Waals surface area contributed by atoms with Crippen molar-refractivity contribution in [2.75, 3.05) is 11.9 Å². The number of nitrogens with one attached hydrogen (secondary N) is 1. The maximum Gasteiger partial charge on any atom is 0.422 e. The standard InChI is InChI=1S/C20H22F5N5O4S/c1-18(2)17(26)30-19(3,16(22)35(18,32)33)11-6-10(4-5-12(11)21)29-15(31)13-7-28-14(8-27-13)34-9-20(23,24)25/h4-8,16,32-33H,9H2,1-3H3,(H2,26,30)(H,29,31)/t16?,19-/m1/s1. The van der Waals surface area contributed by atoms with Crippen LogP contribution in [0.25, 0.3) is 0 Å². The van der Waals surface area contributed by atoms with Gasteiger partial charge in [0.1, 0.15) is 27.6 Å². The van der Waals surface area contributed by atoms with Crippen LogP contribution in [-0.4, -0.2) is 53.9 Å². The fraction of sp³-hybridized carbons (Fsp3) is 0.400. The van der Waals surface area contributed by atoms with Crippen LogP contribution in [0.1, 0.15) is 36.8 Å². The van der Waals surface area contributed by atoms with E-state index >= 15 is 4.39 Å². The van der Waals surface area contributed by atoms with Crippen LogP contribution >= 0.6 is 10.6 Å². The van der Waals surface area contributed by atoms with Gasteiger partial charge in [0, 0.05) is 11.3 Å². The Morgan fingerprint density at radius 2 is 1.89 bits per heavy atom. The fourth-order valence-electron chi connectivity index (χ4n) is 3.20. The van der Waals surface area contributed by atoms with Crippen molar-refractivity contribution in [3.63, 3.8) is 0 Å². The van der Waals surface area contributed by atoms with Gasteiger partial charge in [-0.25, -0.2) is 18.7 Å². The summed E-state index contributed by atoms with van der Waals surface area (Å²) in [5, 5.41) is 2.37. The zero-order chi connectivity index (χ0) is 26.4. The van der Waals surface area contributed by atoms with Gasteiger partial charge < -0.3 is 15.8 Å². The second-order valence-corrected chi connectivity index (χ2v) is 11.0. The highest BCUT2D eigenvalue weighted by molar-refractivity contribution is 8.26. The summed E-state index contributed by atoms with van der Waals surface area (Å²) in [6.07, 6.45) is -2.89. The molecule has 1 unspecified atom stereocenters. The van der Waals surface area contributed by atoms with Gasteiger partial charge in [-0.3, -0.25) is 18.9 Å². The zero-order valence-corrected chi connectivity index (χ0v) is 19.4. The highest BCUT2D eigenvalue weighted by Gasteiger charge is 2.57. The molecule has 2 aromatic rings. The van der Waals surface area contributed by atoms with E-state index in [4.69, 9.17) is 5.73 Å². The van der Waals surface area contributed by atoms with E-state index in [9.17, 15) is 31.5 Å². The van der Waals surface area contributed by atoms with Gasteiger partial charge >= 0.3 is 6.18 Å². The molecule has 0 saturated carbocycles. The Balaban J connectivity index is 1.86. The van der Waals surface area contributed by atoms with Gasteiger partial charge in [-0.15, -0.1) is 0 Å². The number of carbonyl (C=O) groups excluding carboxylic acids is 1. The Hall–Kier alpha value is -3.04. The normalized spacial score (nSPS) is 24.3. The molecule has 1 amide bonds. The van der Waals surface area contributed by atoms with Gasteiger partial charge in [-0.1, -0.05) is 0 Å². The summed E-state index contributed by atoms with van der Waals surface area (Å²) in [5.41, 5.74) is 0.584. The molecule has 0 fully saturated rings. The monoisotopic (exact) mass is 523 g/mol. The van der Waals surface area contributed by atoms with Gasteiger partial charge in [-0.05, 0) is 39.0 Å². The van der Waals surface area contributed by atoms with Crippen LogP contribution in [0.3, 0.4) is 0 Å². The number of carbonyl (C=O) groups is 1. The second kappa shape index (κ2) is 8.87. The van der Waals surface area contributed by atoms with E-state index in [1.165, 1.54) is 13.8 Å². The number of aromatic nitrogens is 2. The molecule has 3 rings (SSSR count). The molecule has 15 heteroatoms. The lowest BCUT2D eigenvalue weighted by Gasteiger charge is -2.55. The minimum absolute atomic E-state index is 0.0332. The van der Waals surface area contributed by atoms with Crippen LogP contribution in [-0.2, 0) is 5.54 Å². The second-order valence-electron chi connectivity index (χ2n) is 8.36. The van der Waals surface area contributed by atoms with Crippen LogP contribution in [0.4, 0.5) is 27.6 Å². The quantitative estimate of drug-likeness (QED) is 0.430. The minimum atomic E-state index is -4.58. The summed E-state index contributed by atoms with van der Waals surface area (Å²) in [5.74, 6) is -2.55. The lowest BCUT2D eigenvalue weighted by Crippen LogP contribution is -2.55. The summed E-state index contributed by atoms with van der Waals surface area (Å²) in [4.78, 5) is 23.8. The summed E-state index contributed by atoms with van der Waals surface area (Å²) in [6.45, 7) is 2.17. The maximum atomic E-state index is 15.4. The lowest BCUT2D eigenvalue weighted by atomic mass is 9.91. The SMILES string of the molecule is CC1(C)C(N)=N[C@](C)(c2cc(NC(=O)c3cnc(OCC(F)(F)F)cn3)ccc2F)C(F)S1(O)O. The Morgan fingerprint density at radius 3 is 2.46 bits per heavy atom. The van der Waals surface area contributed by atoms with E-state index in [2.05, 4.69) is 25.0 Å². The average molecular weight is 523 g/mol. The third-order valence-corrected chi connectivity index (χ3v) is 8.21. The fourth-order valence-corrected chi connectivity index (χ4v) is 4.89. The van der Waals surface area contributed by atoms with Gasteiger partial charge in [-0.2, -0.15) is 23.8 Å². The van der Waals surface area contributed by atoms with Crippen molar-refractivity contribution in [2.45, 2.75) is 42.7 Å². The van der Waals surface area contributed by atoms with Crippen LogP contribution in [0.15, 0.2) is 35.6 Å². The highest BCUT2D eigenvalue weighted by atomic mass is 32.3. The number of amidine groups is 1. The van der Waals surface area contributed by atoms with Crippen molar-refractivity contribution in [3.8, 4) is 5.88 Å². The van der Waals surface area contributed by atoms with Crippen LogP contribution in [0.2, 0.25) is 0 Å². The molecule has 35 heavy (non-hydrogen) atoms. The van der Waals surface area contributed by atoms with Crippen LogP contribution in [0.5, 0.6) is 5.88 Å². The molecule has 0 saturated heterocycles. The number of amides is 1. The van der Waals surface area contributed by atoms with Crippen molar-refractivity contribution in [1.29, 1.82) is 0 Å². The topological polar surface area (TPSA) is 143 Å². The number of nitrogens with zero attached hydrogens (tertiary/aromatic N) is 3.